The van der Waals surface area contributed by atoms with Gasteiger partial charge in [-0.15, -0.1) is 0 Å². The van der Waals surface area contributed by atoms with Crippen molar-refractivity contribution in [2.75, 3.05) is 19.6 Å². The van der Waals surface area contributed by atoms with Crippen LogP contribution in [0.2, 0.25) is 0 Å². The number of hydrogen-bond donors (Lipinski definition) is 1. The molecular formula is C15H30N2. The van der Waals surface area contributed by atoms with Gasteiger partial charge in [-0.2, -0.15) is 0 Å². The molecule has 2 nitrogen and oxygen atoms in total. The van der Waals surface area contributed by atoms with Gasteiger partial charge in [0.2, 0.25) is 0 Å². The summed E-state index contributed by atoms with van der Waals surface area (Å²) in [7, 11) is 0. The van der Waals surface area contributed by atoms with Crippen molar-refractivity contribution in [2.45, 2.75) is 65.0 Å². The SMILES string of the molecule is CC1CCCC(N2CCCNCC2C(C)C)C1. The first-order chi connectivity index (χ1) is 8.18. The molecule has 0 aromatic rings. The lowest BCUT2D eigenvalue weighted by atomic mass is 9.84. The topological polar surface area (TPSA) is 15.3 Å². The Bertz CT molecular complexity index is 227. The fraction of sp³-hybridized carbons (Fsp3) is 1.00. The lowest BCUT2D eigenvalue weighted by molar-refractivity contribution is 0.0740. The third-order valence-electron chi connectivity index (χ3n) is 4.70. The van der Waals surface area contributed by atoms with Crippen LogP contribution < -0.4 is 5.32 Å². The van der Waals surface area contributed by atoms with E-state index < -0.39 is 0 Å². The molecule has 1 N–H and O–H groups in total. The fourth-order valence-corrected chi connectivity index (χ4v) is 3.69. The standard InChI is InChI=1S/C15H30N2/c1-12(2)15-11-16-8-5-9-17(15)14-7-4-6-13(3)10-14/h12-16H,4-11H2,1-3H3. The van der Waals surface area contributed by atoms with E-state index in [0.717, 1.165) is 23.9 Å². The Morgan fingerprint density at radius 1 is 1.18 bits per heavy atom. The van der Waals surface area contributed by atoms with Crippen molar-refractivity contribution in [1.82, 2.24) is 10.2 Å². The van der Waals surface area contributed by atoms with Gasteiger partial charge >= 0.3 is 0 Å². The highest BCUT2D eigenvalue weighted by molar-refractivity contribution is 4.87. The summed E-state index contributed by atoms with van der Waals surface area (Å²) in [6, 6.07) is 1.62. The Balaban J connectivity index is 2.03. The molecule has 0 amide bonds. The molecule has 0 spiro atoms. The zero-order valence-corrected chi connectivity index (χ0v) is 11.9. The summed E-state index contributed by atoms with van der Waals surface area (Å²) < 4.78 is 0. The van der Waals surface area contributed by atoms with Crippen molar-refractivity contribution in [1.29, 1.82) is 0 Å². The zero-order chi connectivity index (χ0) is 12.3. The van der Waals surface area contributed by atoms with Crippen LogP contribution in [-0.2, 0) is 0 Å². The fourth-order valence-electron chi connectivity index (χ4n) is 3.69. The largest absolute Gasteiger partial charge is 0.315 e. The summed E-state index contributed by atoms with van der Waals surface area (Å²) in [6.45, 7) is 10.9. The van der Waals surface area contributed by atoms with Crippen molar-refractivity contribution in [2.24, 2.45) is 11.8 Å². The molecule has 1 aliphatic carbocycles. The molecule has 3 unspecified atom stereocenters. The highest BCUT2D eigenvalue weighted by Crippen LogP contribution is 2.30. The average Bonchev–Trinajstić information content (AvgIpc) is 2.54. The van der Waals surface area contributed by atoms with Gasteiger partial charge in [0, 0.05) is 18.6 Å². The maximum Gasteiger partial charge on any atom is 0.0246 e. The second kappa shape index (κ2) is 6.19. The quantitative estimate of drug-likeness (QED) is 0.796. The van der Waals surface area contributed by atoms with Crippen LogP contribution in [0.15, 0.2) is 0 Å². The van der Waals surface area contributed by atoms with Crippen molar-refractivity contribution in [3.63, 3.8) is 0 Å². The van der Waals surface area contributed by atoms with Crippen molar-refractivity contribution in [3.8, 4) is 0 Å². The second-order valence-corrected chi connectivity index (χ2v) is 6.53. The van der Waals surface area contributed by atoms with Gasteiger partial charge in [0.25, 0.3) is 0 Å². The molecule has 2 heteroatoms. The normalized spacial score (nSPS) is 37.1. The second-order valence-electron chi connectivity index (χ2n) is 6.53. The van der Waals surface area contributed by atoms with Crippen LogP contribution in [0.5, 0.6) is 0 Å². The molecule has 100 valence electrons. The third-order valence-corrected chi connectivity index (χ3v) is 4.70. The first kappa shape index (κ1) is 13.4. The number of nitrogens with zero attached hydrogens (tertiary/aromatic N) is 1. The van der Waals surface area contributed by atoms with Gasteiger partial charge in [-0.05, 0) is 44.2 Å². The van der Waals surface area contributed by atoms with Gasteiger partial charge in [0.05, 0.1) is 0 Å². The predicted molar refractivity (Wildman–Crippen MR) is 74.2 cm³/mol. The summed E-state index contributed by atoms with van der Waals surface area (Å²) in [5, 5.41) is 3.62. The van der Waals surface area contributed by atoms with Crippen LogP contribution in [-0.4, -0.2) is 36.6 Å². The molecule has 2 rings (SSSR count). The van der Waals surface area contributed by atoms with Gasteiger partial charge in [-0.25, -0.2) is 0 Å². The zero-order valence-electron chi connectivity index (χ0n) is 11.9. The van der Waals surface area contributed by atoms with Crippen LogP contribution in [0, 0.1) is 11.8 Å². The molecule has 1 aliphatic heterocycles. The Morgan fingerprint density at radius 3 is 2.71 bits per heavy atom. The van der Waals surface area contributed by atoms with Crippen LogP contribution in [0.25, 0.3) is 0 Å². The molecule has 0 aromatic carbocycles. The lowest BCUT2D eigenvalue weighted by Gasteiger charge is -2.42. The van der Waals surface area contributed by atoms with Gasteiger partial charge in [0.1, 0.15) is 0 Å². The molecule has 0 aromatic heterocycles. The monoisotopic (exact) mass is 238 g/mol. The lowest BCUT2D eigenvalue weighted by Crippen LogP contribution is -2.50. The van der Waals surface area contributed by atoms with Crippen LogP contribution in [0.3, 0.4) is 0 Å². The van der Waals surface area contributed by atoms with Gasteiger partial charge in [-0.3, -0.25) is 4.90 Å². The van der Waals surface area contributed by atoms with Crippen LogP contribution in [0.4, 0.5) is 0 Å². The smallest absolute Gasteiger partial charge is 0.0246 e. The van der Waals surface area contributed by atoms with Crippen molar-refractivity contribution >= 4 is 0 Å². The minimum Gasteiger partial charge on any atom is -0.315 e. The van der Waals surface area contributed by atoms with E-state index in [1.54, 1.807) is 0 Å². The Morgan fingerprint density at radius 2 is 2.00 bits per heavy atom. The van der Waals surface area contributed by atoms with E-state index in [1.807, 2.05) is 0 Å². The van der Waals surface area contributed by atoms with E-state index in [2.05, 4.69) is 31.0 Å². The average molecular weight is 238 g/mol. The summed E-state index contributed by atoms with van der Waals surface area (Å²) in [5.74, 6) is 1.72. The van der Waals surface area contributed by atoms with Crippen molar-refractivity contribution in [3.05, 3.63) is 0 Å². The molecule has 3 atom stereocenters. The van der Waals surface area contributed by atoms with Crippen molar-refractivity contribution < 1.29 is 0 Å². The van der Waals surface area contributed by atoms with Crippen LogP contribution >= 0.6 is 0 Å². The van der Waals surface area contributed by atoms with E-state index >= 15 is 0 Å². The first-order valence-corrected chi connectivity index (χ1v) is 7.65. The molecule has 2 aliphatic rings. The summed E-state index contributed by atoms with van der Waals surface area (Å²) in [6.07, 6.45) is 7.10. The Labute approximate surface area is 107 Å². The minimum atomic E-state index is 0.757. The maximum absolute atomic E-state index is 3.62. The van der Waals surface area contributed by atoms with Crippen LogP contribution in [0.1, 0.15) is 52.9 Å². The van der Waals surface area contributed by atoms with E-state index in [-0.39, 0.29) is 0 Å². The van der Waals surface area contributed by atoms with E-state index in [4.69, 9.17) is 0 Å². The highest BCUT2D eigenvalue weighted by atomic mass is 15.2. The molecule has 17 heavy (non-hydrogen) atoms. The first-order valence-electron chi connectivity index (χ1n) is 7.65. The maximum atomic E-state index is 3.62. The van der Waals surface area contributed by atoms with E-state index in [9.17, 15) is 0 Å². The summed E-state index contributed by atoms with van der Waals surface area (Å²) in [5.41, 5.74) is 0. The molecule has 1 saturated carbocycles. The molecule has 2 fully saturated rings. The number of rotatable bonds is 2. The summed E-state index contributed by atoms with van der Waals surface area (Å²) in [4.78, 5) is 2.85. The summed E-state index contributed by atoms with van der Waals surface area (Å²) >= 11 is 0. The van der Waals surface area contributed by atoms with Gasteiger partial charge < -0.3 is 5.32 Å². The number of nitrogens with one attached hydrogen (secondary N) is 1. The van der Waals surface area contributed by atoms with E-state index in [0.29, 0.717) is 0 Å². The van der Waals surface area contributed by atoms with Gasteiger partial charge in [-0.1, -0.05) is 33.6 Å². The molecular weight excluding hydrogens is 208 g/mol. The number of hydrogen-bond acceptors (Lipinski definition) is 2. The molecule has 1 heterocycles. The predicted octanol–water partition coefficient (Wildman–Crippen LogP) is 2.89. The van der Waals surface area contributed by atoms with Gasteiger partial charge in [0.15, 0.2) is 0 Å². The third kappa shape index (κ3) is 3.45. The molecule has 0 radical (unpaired) electrons. The Hall–Kier alpha value is -0.0800. The minimum absolute atomic E-state index is 0.757. The van der Waals surface area contributed by atoms with E-state index in [1.165, 1.54) is 51.7 Å². The molecule has 1 saturated heterocycles. The molecule has 0 bridgehead atoms. The highest BCUT2D eigenvalue weighted by Gasteiger charge is 2.31. The Kier molecular flexibility index (Phi) is 4.87.